The van der Waals surface area contributed by atoms with Gasteiger partial charge < -0.3 is 20.1 Å². The highest BCUT2D eigenvalue weighted by molar-refractivity contribution is 9.10. The maximum atomic E-state index is 13.4. The van der Waals surface area contributed by atoms with Crippen LogP contribution in [0.4, 0.5) is 10.1 Å². The quantitative estimate of drug-likeness (QED) is 0.446. The van der Waals surface area contributed by atoms with Crippen molar-refractivity contribution in [2.45, 2.75) is 0 Å². The van der Waals surface area contributed by atoms with Gasteiger partial charge in [0, 0.05) is 10.2 Å². The summed E-state index contributed by atoms with van der Waals surface area (Å²) in [5, 5.41) is 5.11. The summed E-state index contributed by atoms with van der Waals surface area (Å²) in [5.41, 5.74) is 1.18. The van der Waals surface area contributed by atoms with Gasteiger partial charge in [0.25, 0.3) is 11.8 Å². The van der Waals surface area contributed by atoms with Crippen LogP contribution in [0.25, 0.3) is 6.08 Å². The van der Waals surface area contributed by atoms with Crippen molar-refractivity contribution in [2.24, 2.45) is 0 Å². The molecular formula is C23H15BrClFN2O4. The summed E-state index contributed by atoms with van der Waals surface area (Å²) in [6.45, 7) is 0.111. The maximum absolute atomic E-state index is 13.4. The Morgan fingerprint density at radius 1 is 1.03 bits per heavy atom. The van der Waals surface area contributed by atoms with Gasteiger partial charge in [-0.2, -0.15) is 0 Å². The average molecular weight is 518 g/mol. The van der Waals surface area contributed by atoms with Crippen LogP contribution in [-0.2, 0) is 4.79 Å². The molecule has 0 atom stereocenters. The topological polar surface area (TPSA) is 76.7 Å². The first kappa shape index (κ1) is 21.9. The molecule has 4 rings (SSSR count). The van der Waals surface area contributed by atoms with E-state index >= 15 is 0 Å². The first-order valence-corrected chi connectivity index (χ1v) is 10.5. The number of hydrogen-bond donors (Lipinski definition) is 2. The molecule has 3 aromatic carbocycles. The summed E-state index contributed by atoms with van der Waals surface area (Å²) in [7, 11) is 0. The van der Waals surface area contributed by atoms with E-state index in [1.54, 1.807) is 42.5 Å². The third kappa shape index (κ3) is 4.92. The minimum atomic E-state index is -0.620. The lowest BCUT2D eigenvalue weighted by atomic mass is 10.1. The SMILES string of the molecule is O=C(Nc1ccc(F)c(Cl)c1)C(=Cc1ccc2c(c1)OCO2)NC(=O)c1ccccc1Br. The van der Waals surface area contributed by atoms with E-state index < -0.39 is 17.6 Å². The van der Waals surface area contributed by atoms with Crippen LogP contribution >= 0.6 is 27.5 Å². The normalized spacial score (nSPS) is 12.4. The van der Waals surface area contributed by atoms with Gasteiger partial charge in [-0.15, -0.1) is 0 Å². The molecule has 0 unspecified atom stereocenters. The van der Waals surface area contributed by atoms with Crippen molar-refractivity contribution in [3.63, 3.8) is 0 Å². The van der Waals surface area contributed by atoms with Crippen molar-refractivity contribution in [3.05, 3.63) is 92.8 Å². The number of rotatable bonds is 5. The lowest BCUT2D eigenvalue weighted by molar-refractivity contribution is -0.113. The second-order valence-electron chi connectivity index (χ2n) is 6.69. The summed E-state index contributed by atoms with van der Waals surface area (Å²) in [5.74, 6) is -0.599. The Hall–Kier alpha value is -3.36. The highest BCUT2D eigenvalue weighted by atomic mass is 79.9. The first-order valence-electron chi connectivity index (χ1n) is 9.34. The fourth-order valence-electron chi connectivity index (χ4n) is 2.94. The van der Waals surface area contributed by atoms with Crippen LogP contribution in [0.1, 0.15) is 15.9 Å². The summed E-state index contributed by atoms with van der Waals surface area (Å²) in [4.78, 5) is 25.8. The van der Waals surface area contributed by atoms with E-state index in [1.807, 2.05) is 0 Å². The number of nitrogens with one attached hydrogen (secondary N) is 2. The zero-order valence-electron chi connectivity index (χ0n) is 16.3. The van der Waals surface area contributed by atoms with Gasteiger partial charge in [-0.05, 0) is 70.0 Å². The van der Waals surface area contributed by atoms with Crippen molar-refractivity contribution in [1.29, 1.82) is 0 Å². The molecule has 6 nitrogen and oxygen atoms in total. The second kappa shape index (κ2) is 9.42. The minimum absolute atomic E-state index is 0.0370. The molecule has 9 heteroatoms. The predicted octanol–water partition coefficient (Wildman–Crippen LogP) is 5.38. The molecule has 0 bridgehead atoms. The van der Waals surface area contributed by atoms with Crippen LogP contribution in [0.5, 0.6) is 11.5 Å². The fourth-order valence-corrected chi connectivity index (χ4v) is 3.58. The number of carbonyl (C=O) groups is 2. The van der Waals surface area contributed by atoms with E-state index in [0.717, 1.165) is 6.07 Å². The van der Waals surface area contributed by atoms with Gasteiger partial charge in [0.1, 0.15) is 11.5 Å². The molecule has 32 heavy (non-hydrogen) atoms. The fraction of sp³-hybridized carbons (Fsp3) is 0.0435. The van der Waals surface area contributed by atoms with Crippen molar-refractivity contribution >= 4 is 51.1 Å². The summed E-state index contributed by atoms with van der Waals surface area (Å²) >= 11 is 9.13. The summed E-state index contributed by atoms with van der Waals surface area (Å²) in [6, 6.07) is 15.7. The van der Waals surface area contributed by atoms with Crippen molar-refractivity contribution in [3.8, 4) is 11.5 Å². The zero-order valence-corrected chi connectivity index (χ0v) is 18.7. The monoisotopic (exact) mass is 516 g/mol. The van der Waals surface area contributed by atoms with Gasteiger partial charge >= 0.3 is 0 Å². The number of benzene rings is 3. The molecule has 2 N–H and O–H groups in total. The van der Waals surface area contributed by atoms with Crippen molar-refractivity contribution < 1.29 is 23.5 Å². The Morgan fingerprint density at radius 3 is 2.59 bits per heavy atom. The lowest BCUT2D eigenvalue weighted by Gasteiger charge is -2.12. The number of amides is 2. The molecule has 1 heterocycles. The largest absolute Gasteiger partial charge is 0.454 e. The van der Waals surface area contributed by atoms with E-state index in [2.05, 4.69) is 26.6 Å². The van der Waals surface area contributed by atoms with E-state index in [-0.39, 0.29) is 23.2 Å². The van der Waals surface area contributed by atoms with Crippen LogP contribution in [0.3, 0.4) is 0 Å². The third-order valence-electron chi connectivity index (χ3n) is 4.50. The first-order chi connectivity index (χ1) is 15.4. The van der Waals surface area contributed by atoms with Gasteiger partial charge in [-0.25, -0.2) is 4.39 Å². The van der Waals surface area contributed by atoms with Crippen LogP contribution in [0.15, 0.2) is 70.8 Å². The van der Waals surface area contributed by atoms with E-state index in [0.29, 0.717) is 27.1 Å². The molecule has 162 valence electrons. The number of anilines is 1. The van der Waals surface area contributed by atoms with Crippen molar-refractivity contribution in [2.75, 3.05) is 12.1 Å². The number of carbonyl (C=O) groups excluding carboxylic acids is 2. The van der Waals surface area contributed by atoms with Gasteiger partial charge in [0.15, 0.2) is 11.5 Å². The third-order valence-corrected chi connectivity index (χ3v) is 5.48. The molecule has 0 spiro atoms. The van der Waals surface area contributed by atoms with Crippen LogP contribution < -0.4 is 20.1 Å². The smallest absolute Gasteiger partial charge is 0.272 e. The molecule has 0 radical (unpaired) electrons. The molecule has 1 aliphatic rings. The second-order valence-corrected chi connectivity index (χ2v) is 7.95. The Balaban J connectivity index is 1.65. The van der Waals surface area contributed by atoms with Crippen molar-refractivity contribution in [1.82, 2.24) is 5.32 Å². The molecule has 2 amide bonds. The number of halogens is 3. The van der Waals surface area contributed by atoms with Gasteiger partial charge in [-0.1, -0.05) is 29.8 Å². The minimum Gasteiger partial charge on any atom is -0.454 e. The molecule has 0 aromatic heterocycles. The maximum Gasteiger partial charge on any atom is 0.272 e. The standard InChI is InChI=1S/C23H15BrClFN2O4/c24-16-4-2-1-3-15(16)22(29)28-19(9-13-5-8-20-21(10-13)32-12-31-20)23(30)27-14-6-7-18(26)17(25)11-14/h1-11H,12H2,(H,27,30)(H,28,29). The summed E-state index contributed by atoms with van der Waals surface area (Å²) < 4.78 is 24.7. The zero-order chi connectivity index (χ0) is 22.7. The highest BCUT2D eigenvalue weighted by Gasteiger charge is 2.18. The molecule has 3 aromatic rings. The molecule has 0 saturated heterocycles. The number of ether oxygens (including phenoxy) is 2. The van der Waals surface area contributed by atoms with E-state index in [1.165, 1.54) is 18.2 Å². The lowest BCUT2D eigenvalue weighted by Crippen LogP contribution is -2.31. The van der Waals surface area contributed by atoms with Crippen LogP contribution in [-0.4, -0.2) is 18.6 Å². The Kier molecular flexibility index (Phi) is 6.43. The average Bonchev–Trinajstić information content (AvgIpc) is 3.24. The Morgan fingerprint density at radius 2 is 1.81 bits per heavy atom. The molecule has 0 aliphatic carbocycles. The number of hydrogen-bond acceptors (Lipinski definition) is 4. The molecule has 0 saturated carbocycles. The van der Waals surface area contributed by atoms with E-state index in [9.17, 15) is 14.0 Å². The van der Waals surface area contributed by atoms with Gasteiger partial charge in [0.2, 0.25) is 6.79 Å². The molecule has 1 aliphatic heterocycles. The predicted molar refractivity (Wildman–Crippen MR) is 122 cm³/mol. The van der Waals surface area contributed by atoms with Crippen LogP contribution in [0, 0.1) is 5.82 Å². The molecular weight excluding hydrogens is 503 g/mol. The van der Waals surface area contributed by atoms with Crippen LogP contribution in [0.2, 0.25) is 5.02 Å². The Bertz CT molecular complexity index is 1250. The van der Waals surface area contributed by atoms with Gasteiger partial charge in [-0.3, -0.25) is 9.59 Å². The van der Waals surface area contributed by atoms with Gasteiger partial charge in [0.05, 0.1) is 10.6 Å². The Labute approximate surface area is 196 Å². The highest BCUT2D eigenvalue weighted by Crippen LogP contribution is 2.33. The van der Waals surface area contributed by atoms with E-state index in [4.69, 9.17) is 21.1 Å². The molecule has 0 fully saturated rings. The summed E-state index contributed by atoms with van der Waals surface area (Å²) in [6.07, 6.45) is 1.50. The number of fused-ring (bicyclic) bond motifs is 1.